The summed E-state index contributed by atoms with van der Waals surface area (Å²) in [4.78, 5) is 0. The van der Waals surface area contributed by atoms with E-state index in [1.807, 2.05) is 0 Å². The smallest absolute Gasteiger partial charge is 0.412 e. The third-order valence-corrected chi connectivity index (χ3v) is 0. The Kier molecular flexibility index (Phi) is 9770. The first-order chi connectivity index (χ1) is 0. The van der Waals surface area contributed by atoms with Crippen LogP contribution in [0.4, 0.5) is 0 Å². The molecule has 0 bridgehead atoms. The average molecular weight is 109 g/mol. The first-order valence-corrected chi connectivity index (χ1v) is 0. The molecular formula is H6MnO3+2. The first-order valence-electron chi connectivity index (χ1n) is 0. The van der Waals surface area contributed by atoms with Crippen LogP contribution in [-0.2, 0) is 17.1 Å². The van der Waals surface area contributed by atoms with Gasteiger partial charge in [-0.2, -0.15) is 0 Å². The molecule has 0 heterocycles. The minimum Gasteiger partial charge on any atom is -0.412 e. The molecule has 0 aromatic rings. The SMILES string of the molecule is O.O.O.[Mn+2]. The molecule has 0 saturated carbocycles. The van der Waals surface area contributed by atoms with E-state index in [0.29, 0.717) is 0 Å². The molecule has 0 aliphatic carbocycles. The average Bonchev–Trinajstić information content (AvgIpc) is 0. The van der Waals surface area contributed by atoms with Crippen LogP contribution in [0.2, 0.25) is 0 Å². The molecule has 0 fully saturated rings. The zero-order valence-corrected chi connectivity index (χ0v) is 3.06. The number of rotatable bonds is 0. The van der Waals surface area contributed by atoms with E-state index in [2.05, 4.69) is 0 Å². The summed E-state index contributed by atoms with van der Waals surface area (Å²) in [5.74, 6) is 0. The summed E-state index contributed by atoms with van der Waals surface area (Å²) in [5, 5.41) is 0. The minimum atomic E-state index is 0. The second-order valence-electron chi connectivity index (χ2n) is 0. The van der Waals surface area contributed by atoms with E-state index in [1.54, 1.807) is 0 Å². The Morgan fingerprint density at radius 3 is 0.500 bits per heavy atom. The molecule has 0 saturated heterocycles. The van der Waals surface area contributed by atoms with E-state index < -0.39 is 0 Å². The molecule has 0 aliphatic heterocycles. The number of hydrogen-bond donors (Lipinski definition) is 0. The van der Waals surface area contributed by atoms with Crippen LogP contribution in [0.5, 0.6) is 0 Å². The molecule has 4 heavy (non-hydrogen) atoms. The molecule has 0 aromatic carbocycles. The Balaban J connectivity index is 0. The second-order valence-corrected chi connectivity index (χ2v) is 0. The zero-order valence-electron chi connectivity index (χ0n) is 1.88. The summed E-state index contributed by atoms with van der Waals surface area (Å²) in [7, 11) is 0. The zero-order chi connectivity index (χ0) is 0. The van der Waals surface area contributed by atoms with Crippen molar-refractivity contribution >= 4 is 0 Å². The normalized spacial score (nSPS) is 0. The van der Waals surface area contributed by atoms with Crippen LogP contribution < -0.4 is 0 Å². The van der Waals surface area contributed by atoms with Crippen LogP contribution in [0, 0.1) is 0 Å². The van der Waals surface area contributed by atoms with Gasteiger partial charge >= 0.3 is 17.1 Å². The van der Waals surface area contributed by atoms with E-state index in [0.717, 1.165) is 0 Å². The van der Waals surface area contributed by atoms with E-state index in [4.69, 9.17) is 0 Å². The summed E-state index contributed by atoms with van der Waals surface area (Å²) >= 11 is 0. The molecule has 0 amide bonds. The maximum absolute atomic E-state index is 0. The van der Waals surface area contributed by atoms with Crippen LogP contribution in [0.15, 0.2) is 0 Å². The maximum atomic E-state index is 0. The van der Waals surface area contributed by atoms with Gasteiger partial charge in [-0.3, -0.25) is 0 Å². The van der Waals surface area contributed by atoms with Crippen LogP contribution in [-0.4, -0.2) is 16.4 Å². The summed E-state index contributed by atoms with van der Waals surface area (Å²) in [5.41, 5.74) is 0. The Morgan fingerprint density at radius 2 is 0.500 bits per heavy atom. The third-order valence-electron chi connectivity index (χ3n) is 0. The Hall–Kier alpha value is 0.399. The molecule has 3 nitrogen and oxygen atoms in total. The third kappa shape index (κ3) is 29.4. The van der Waals surface area contributed by atoms with Gasteiger partial charge in [-0.15, -0.1) is 0 Å². The van der Waals surface area contributed by atoms with Gasteiger partial charge in [-0.1, -0.05) is 0 Å². The predicted octanol–water partition coefficient (Wildman–Crippen LogP) is -2.48. The van der Waals surface area contributed by atoms with Crippen molar-refractivity contribution in [1.82, 2.24) is 0 Å². The quantitative estimate of drug-likeness (QED) is 0.308. The van der Waals surface area contributed by atoms with Crippen LogP contribution in [0.25, 0.3) is 0 Å². The van der Waals surface area contributed by atoms with Gasteiger partial charge in [0.05, 0.1) is 0 Å². The van der Waals surface area contributed by atoms with Crippen molar-refractivity contribution in [2.24, 2.45) is 0 Å². The van der Waals surface area contributed by atoms with Gasteiger partial charge in [0.2, 0.25) is 0 Å². The van der Waals surface area contributed by atoms with Crippen molar-refractivity contribution in [3.05, 3.63) is 0 Å². The molecule has 29 valence electrons. The topological polar surface area (TPSA) is 94.5 Å². The molecule has 0 aromatic heterocycles. The van der Waals surface area contributed by atoms with Gasteiger partial charge in [-0.05, 0) is 0 Å². The molecule has 0 atom stereocenters. The van der Waals surface area contributed by atoms with Crippen molar-refractivity contribution in [2.45, 2.75) is 0 Å². The largest absolute Gasteiger partial charge is 2.00 e. The van der Waals surface area contributed by atoms with Crippen molar-refractivity contribution in [3.8, 4) is 0 Å². The molecule has 4 heteroatoms. The van der Waals surface area contributed by atoms with Crippen molar-refractivity contribution in [1.29, 1.82) is 0 Å². The van der Waals surface area contributed by atoms with Crippen LogP contribution in [0.3, 0.4) is 0 Å². The summed E-state index contributed by atoms with van der Waals surface area (Å²) < 4.78 is 0. The van der Waals surface area contributed by atoms with Crippen molar-refractivity contribution in [3.63, 3.8) is 0 Å². The van der Waals surface area contributed by atoms with Crippen molar-refractivity contribution < 1.29 is 33.5 Å². The molecule has 0 spiro atoms. The summed E-state index contributed by atoms with van der Waals surface area (Å²) in [6.07, 6.45) is 0. The van der Waals surface area contributed by atoms with Crippen LogP contribution >= 0.6 is 0 Å². The second kappa shape index (κ2) is 123. The Bertz CT molecular complexity index is 3.25. The van der Waals surface area contributed by atoms with Gasteiger partial charge in [0.1, 0.15) is 0 Å². The fourth-order valence-corrected chi connectivity index (χ4v) is 0. The summed E-state index contributed by atoms with van der Waals surface area (Å²) in [6, 6.07) is 0. The fraction of sp³-hybridized carbons (Fsp3) is 0. The van der Waals surface area contributed by atoms with E-state index in [-0.39, 0.29) is 33.5 Å². The fourth-order valence-electron chi connectivity index (χ4n) is 0. The van der Waals surface area contributed by atoms with Crippen LogP contribution in [0.1, 0.15) is 0 Å². The van der Waals surface area contributed by atoms with Gasteiger partial charge in [0.15, 0.2) is 0 Å². The molecule has 0 unspecified atom stereocenters. The molecule has 1 radical (unpaired) electrons. The molecule has 0 rings (SSSR count). The summed E-state index contributed by atoms with van der Waals surface area (Å²) in [6.45, 7) is 0. The van der Waals surface area contributed by atoms with Gasteiger partial charge in [0, 0.05) is 0 Å². The van der Waals surface area contributed by atoms with E-state index >= 15 is 0 Å². The molecule has 0 aliphatic rings. The monoisotopic (exact) mass is 109 g/mol. The predicted molar refractivity (Wildman–Crippen MR) is 10.8 cm³/mol. The van der Waals surface area contributed by atoms with Gasteiger partial charge in [-0.25, -0.2) is 0 Å². The Labute approximate surface area is 34.4 Å². The van der Waals surface area contributed by atoms with E-state index in [1.165, 1.54) is 0 Å². The van der Waals surface area contributed by atoms with E-state index in [9.17, 15) is 0 Å². The molecular weight excluding hydrogens is 103 g/mol. The number of hydrogen-bond acceptors (Lipinski definition) is 0. The Morgan fingerprint density at radius 1 is 0.500 bits per heavy atom. The van der Waals surface area contributed by atoms with Gasteiger partial charge < -0.3 is 16.4 Å². The minimum absolute atomic E-state index is 0. The maximum Gasteiger partial charge on any atom is 2.00 e. The first kappa shape index (κ1) is 319. The standard InChI is InChI=1S/Mn.3H2O/h;3*1H2/q+2;;;. The van der Waals surface area contributed by atoms with Crippen molar-refractivity contribution in [2.75, 3.05) is 0 Å². The molecule has 6 N–H and O–H groups in total. The van der Waals surface area contributed by atoms with Gasteiger partial charge in [0.25, 0.3) is 0 Å².